The standard InChI is InChI=1S/C23H27N5O3/c1-5-15-8-19-20(27-22(15)29)9-16(10-25-19)13(2)28-12-21(14(28)3)31-17-6-7-18(26-11-17)23(30)24-4/h6-11,13-14,19,21H,5,12H2,1-4H3,(H,24,30)/t13-,14-,19?,21+/m1/s1. The van der Waals surface area contributed by atoms with Gasteiger partial charge in [0.25, 0.3) is 11.8 Å². The van der Waals surface area contributed by atoms with Crippen LogP contribution in [0.25, 0.3) is 0 Å². The zero-order chi connectivity index (χ0) is 22.1. The lowest BCUT2D eigenvalue weighted by Crippen LogP contribution is -2.64. The Morgan fingerprint density at radius 3 is 2.84 bits per heavy atom. The number of rotatable bonds is 6. The molecule has 0 saturated carbocycles. The molecule has 8 heteroatoms. The first kappa shape index (κ1) is 21.1. The molecule has 1 saturated heterocycles. The van der Waals surface area contributed by atoms with Crippen molar-refractivity contribution in [2.24, 2.45) is 9.98 Å². The van der Waals surface area contributed by atoms with Crippen LogP contribution in [0.2, 0.25) is 0 Å². The molecule has 0 aliphatic carbocycles. The lowest BCUT2D eigenvalue weighted by molar-refractivity contribution is -0.114. The van der Waals surface area contributed by atoms with Gasteiger partial charge in [0.05, 0.1) is 11.9 Å². The van der Waals surface area contributed by atoms with Gasteiger partial charge >= 0.3 is 0 Å². The average Bonchev–Trinajstić information content (AvgIpc) is 2.79. The SMILES string of the molecule is CCC1=CC2N=CC([C@@H](C)N3C[C@H](Oc4ccc(C(=O)NC)nc4)[C@H]3C)=CC2=NC1=O. The first-order valence-electron chi connectivity index (χ1n) is 10.6. The third-order valence-electron chi connectivity index (χ3n) is 6.16. The van der Waals surface area contributed by atoms with Crippen LogP contribution in [0.4, 0.5) is 0 Å². The molecule has 4 atom stereocenters. The number of amides is 2. The van der Waals surface area contributed by atoms with Crippen molar-refractivity contribution in [2.75, 3.05) is 13.6 Å². The summed E-state index contributed by atoms with van der Waals surface area (Å²) >= 11 is 0. The Morgan fingerprint density at radius 1 is 1.39 bits per heavy atom. The van der Waals surface area contributed by atoms with Gasteiger partial charge in [0.15, 0.2) is 0 Å². The van der Waals surface area contributed by atoms with Gasteiger partial charge in [-0.1, -0.05) is 6.92 Å². The normalized spacial score (nSPS) is 26.1. The molecular formula is C23H27N5O3. The van der Waals surface area contributed by atoms with Gasteiger partial charge in [-0.2, -0.15) is 0 Å². The van der Waals surface area contributed by atoms with Crippen molar-refractivity contribution in [3.05, 3.63) is 47.3 Å². The van der Waals surface area contributed by atoms with Gasteiger partial charge in [0.2, 0.25) is 0 Å². The average molecular weight is 422 g/mol. The molecule has 3 aliphatic rings. The zero-order valence-electron chi connectivity index (χ0n) is 18.2. The highest BCUT2D eigenvalue weighted by atomic mass is 16.5. The highest BCUT2D eigenvalue weighted by Gasteiger charge is 2.41. The second kappa shape index (κ2) is 8.55. The second-order valence-electron chi connectivity index (χ2n) is 7.98. The zero-order valence-corrected chi connectivity index (χ0v) is 18.2. The molecule has 0 aromatic carbocycles. The number of fused-ring (bicyclic) bond motifs is 1. The molecule has 1 fully saturated rings. The van der Waals surface area contributed by atoms with Crippen LogP contribution in [0.15, 0.2) is 51.6 Å². The Bertz CT molecular complexity index is 1010. The third kappa shape index (κ3) is 4.07. The molecule has 4 heterocycles. The Labute approximate surface area is 181 Å². The fourth-order valence-corrected chi connectivity index (χ4v) is 4.04. The quantitative estimate of drug-likeness (QED) is 0.758. The van der Waals surface area contributed by atoms with E-state index in [1.54, 1.807) is 25.4 Å². The number of dihydropyridines is 2. The molecule has 2 amide bonds. The predicted molar refractivity (Wildman–Crippen MR) is 119 cm³/mol. The van der Waals surface area contributed by atoms with Crippen molar-refractivity contribution < 1.29 is 14.3 Å². The molecule has 0 radical (unpaired) electrons. The van der Waals surface area contributed by atoms with Gasteiger partial charge in [0, 0.05) is 37.5 Å². The van der Waals surface area contributed by atoms with Gasteiger partial charge in [-0.05, 0) is 50.1 Å². The molecule has 1 N–H and O–H groups in total. The number of nitrogens with one attached hydrogen (secondary N) is 1. The molecule has 1 unspecified atom stereocenters. The lowest BCUT2D eigenvalue weighted by Gasteiger charge is -2.49. The molecule has 4 rings (SSSR count). The van der Waals surface area contributed by atoms with Crippen LogP contribution in [0.5, 0.6) is 5.75 Å². The van der Waals surface area contributed by atoms with E-state index in [1.165, 1.54) is 0 Å². The topological polar surface area (TPSA) is 96.2 Å². The van der Waals surface area contributed by atoms with Crippen molar-refractivity contribution in [3.63, 3.8) is 0 Å². The van der Waals surface area contributed by atoms with Crippen molar-refractivity contribution in [1.82, 2.24) is 15.2 Å². The number of ether oxygens (including phenoxy) is 1. The maximum Gasteiger partial charge on any atom is 0.272 e. The van der Waals surface area contributed by atoms with E-state index in [-0.39, 0.29) is 36.0 Å². The van der Waals surface area contributed by atoms with E-state index in [9.17, 15) is 9.59 Å². The summed E-state index contributed by atoms with van der Waals surface area (Å²) in [6.07, 6.45) is 8.09. The molecule has 0 bridgehead atoms. The number of likely N-dealkylation sites (tertiary alicyclic amines) is 1. The number of carbonyl (C=O) groups is 2. The summed E-state index contributed by atoms with van der Waals surface area (Å²) in [5, 5.41) is 2.55. The first-order valence-corrected chi connectivity index (χ1v) is 10.6. The molecule has 1 aromatic heterocycles. The summed E-state index contributed by atoms with van der Waals surface area (Å²) in [5.74, 6) is 0.265. The number of aromatic nitrogens is 1. The summed E-state index contributed by atoms with van der Waals surface area (Å²) in [6, 6.07) is 3.59. The molecule has 162 valence electrons. The number of hydrogen-bond donors (Lipinski definition) is 1. The van der Waals surface area contributed by atoms with Crippen LogP contribution in [-0.4, -0.2) is 71.4 Å². The van der Waals surface area contributed by atoms with E-state index in [1.807, 2.05) is 25.3 Å². The number of hydrogen-bond acceptors (Lipinski definition) is 6. The molecule has 3 aliphatic heterocycles. The maximum atomic E-state index is 12.1. The van der Waals surface area contributed by atoms with E-state index >= 15 is 0 Å². The van der Waals surface area contributed by atoms with E-state index in [0.717, 1.165) is 23.4 Å². The number of pyridine rings is 1. The van der Waals surface area contributed by atoms with Crippen molar-refractivity contribution in [3.8, 4) is 5.75 Å². The van der Waals surface area contributed by atoms with E-state index in [4.69, 9.17) is 4.74 Å². The summed E-state index contributed by atoms with van der Waals surface area (Å²) in [4.78, 5) is 39.1. The van der Waals surface area contributed by atoms with Crippen LogP contribution in [0.1, 0.15) is 37.7 Å². The van der Waals surface area contributed by atoms with E-state index in [2.05, 4.69) is 39.0 Å². The first-order chi connectivity index (χ1) is 14.9. The van der Waals surface area contributed by atoms with Gasteiger partial charge < -0.3 is 10.1 Å². The van der Waals surface area contributed by atoms with E-state index in [0.29, 0.717) is 17.9 Å². The second-order valence-corrected chi connectivity index (χ2v) is 7.98. The fourth-order valence-electron chi connectivity index (χ4n) is 4.04. The minimum atomic E-state index is -0.223. The summed E-state index contributed by atoms with van der Waals surface area (Å²) in [6.45, 7) is 6.97. The minimum absolute atomic E-state index is 0.0348. The fraction of sp³-hybridized carbons (Fsp3) is 0.435. The Morgan fingerprint density at radius 2 is 2.19 bits per heavy atom. The largest absolute Gasteiger partial charge is 0.486 e. The van der Waals surface area contributed by atoms with Gasteiger partial charge in [-0.15, -0.1) is 0 Å². The van der Waals surface area contributed by atoms with Crippen LogP contribution >= 0.6 is 0 Å². The minimum Gasteiger partial charge on any atom is -0.486 e. The van der Waals surface area contributed by atoms with Crippen LogP contribution in [0.3, 0.4) is 0 Å². The van der Waals surface area contributed by atoms with Crippen molar-refractivity contribution >= 4 is 23.7 Å². The Hall–Kier alpha value is -3.13. The molecule has 31 heavy (non-hydrogen) atoms. The monoisotopic (exact) mass is 421 g/mol. The highest BCUT2D eigenvalue weighted by molar-refractivity contribution is 6.17. The predicted octanol–water partition coefficient (Wildman–Crippen LogP) is 1.98. The third-order valence-corrected chi connectivity index (χ3v) is 6.16. The Balaban J connectivity index is 1.37. The summed E-state index contributed by atoms with van der Waals surface area (Å²) in [5.41, 5.74) is 2.84. The van der Waals surface area contributed by atoms with Crippen LogP contribution in [0, 0.1) is 0 Å². The highest BCUT2D eigenvalue weighted by Crippen LogP contribution is 2.29. The smallest absolute Gasteiger partial charge is 0.272 e. The maximum absolute atomic E-state index is 12.1. The van der Waals surface area contributed by atoms with Crippen LogP contribution < -0.4 is 10.1 Å². The summed E-state index contributed by atoms with van der Waals surface area (Å²) < 4.78 is 6.06. The molecule has 1 aromatic rings. The molecule has 8 nitrogen and oxygen atoms in total. The van der Waals surface area contributed by atoms with Gasteiger partial charge in [-0.3, -0.25) is 19.5 Å². The van der Waals surface area contributed by atoms with Crippen molar-refractivity contribution in [1.29, 1.82) is 0 Å². The Kier molecular flexibility index (Phi) is 5.82. The number of aliphatic imine (C=N–C) groups is 2. The number of nitrogens with zero attached hydrogens (tertiary/aromatic N) is 4. The number of carbonyl (C=O) groups excluding carboxylic acids is 2. The van der Waals surface area contributed by atoms with Crippen molar-refractivity contribution in [2.45, 2.75) is 51.4 Å². The van der Waals surface area contributed by atoms with Gasteiger partial charge in [0.1, 0.15) is 23.6 Å². The summed E-state index contributed by atoms with van der Waals surface area (Å²) in [7, 11) is 1.57. The van der Waals surface area contributed by atoms with Crippen LogP contribution in [-0.2, 0) is 4.79 Å². The van der Waals surface area contributed by atoms with Gasteiger partial charge in [-0.25, -0.2) is 9.98 Å². The molecular weight excluding hydrogens is 394 g/mol. The lowest BCUT2D eigenvalue weighted by atomic mass is 9.91. The van der Waals surface area contributed by atoms with E-state index < -0.39 is 0 Å². The molecule has 0 spiro atoms.